The molecular weight excluding hydrogens is 192 g/mol. The predicted octanol–water partition coefficient (Wildman–Crippen LogP) is 0.725. The molecule has 84 valence electrons. The summed E-state index contributed by atoms with van der Waals surface area (Å²) in [6.07, 6.45) is 1.34. The summed E-state index contributed by atoms with van der Waals surface area (Å²) in [5, 5.41) is 12.3. The molecule has 0 aliphatic rings. The molecule has 1 atom stereocenters. The van der Waals surface area contributed by atoms with Gasteiger partial charge in [-0.2, -0.15) is 4.98 Å². The molecule has 0 aliphatic heterocycles. The fourth-order valence-electron chi connectivity index (χ4n) is 1.29. The van der Waals surface area contributed by atoms with Crippen LogP contribution in [-0.4, -0.2) is 41.3 Å². The van der Waals surface area contributed by atoms with Gasteiger partial charge in [0.25, 0.3) is 0 Å². The van der Waals surface area contributed by atoms with Crippen LogP contribution in [0, 0.1) is 0 Å². The maximum Gasteiger partial charge on any atom is 0.224 e. The summed E-state index contributed by atoms with van der Waals surface area (Å²) < 4.78 is 0. The average Bonchev–Trinajstić information content (AvgIpc) is 2.17. The Morgan fingerprint density at radius 3 is 2.93 bits per heavy atom. The second kappa shape index (κ2) is 5.50. The summed E-state index contributed by atoms with van der Waals surface area (Å²) >= 11 is 0. The second-order valence-electron chi connectivity index (χ2n) is 3.50. The van der Waals surface area contributed by atoms with Crippen molar-refractivity contribution in [1.29, 1.82) is 0 Å². The Hall–Kier alpha value is -1.36. The first-order valence-corrected chi connectivity index (χ1v) is 5.09. The molecular formula is C10H18N4O. The van der Waals surface area contributed by atoms with E-state index in [4.69, 9.17) is 0 Å². The lowest BCUT2D eigenvalue weighted by Gasteiger charge is -2.19. The van der Waals surface area contributed by atoms with Crippen LogP contribution in [0.2, 0.25) is 0 Å². The van der Waals surface area contributed by atoms with Crippen molar-refractivity contribution in [2.24, 2.45) is 0 Å². The third-order valence-electron chi connectivity index (χ3n) is 1.90. The van der Waals surface area contributed by atoms with Gasteiger partial charge in [-0.3, -0.25) is 0 Å². The van der Waals surface area contributed by atoms with Crippen molar-refractivity contribution < 1.29 is 5.11 Å². The summed E-state index contributed by atoms with van der Waals surface area (Å²) in [6, 6.07) is 1.82. The van der Waals surface area contributed by atoms with E-state index in [0.29, 0.717) is 12.5 Å². The van der Waals surface area contributed by atoms with Crippen LogP contribution < -0.4 is 10.2 Å². The molecule has 0 saturated heterocycles. The summed E-state index contributed by atoms with van der Waals surface area (Å²) in [5.74, 6) is 1.43. The zero-order chi connectivity index (χ0) is 11.3. The van der Waals surface area contributed by atoms with Gasteiger partial charge in [0.1, 0.15) is 5.82 Å². The molecule has 5 heteroatoms. The number of rotatable bonds is 5. The number of likely N-dealkylation sites (N-methyl/N-ethyl adjacent to an activating group) is 1. The standard InChI is InChI=1S/C10H18N4O/c1-4-11-10-12-6-5-9(13-10)14(3)7-8(2)15/h5-6,8,15H,4,7H2,1-3H3,(H,11,12,13). The number of anilines is 2. The summed E-state index contributed by atoms with van der Waals surface area (Å²) in [5.41, 5.74) is 0. The van der Waals surface area contributed by atoms with Crippen LogP contribution in [0.1, 0.15) is 13.8 Å². The molecule has 0 saturated carbocycles. The first-order chi connectivity index (χ1) is 7.13. The van der Waals surface area contributed by atoms with E-state index < -0.39 is 0 Å². The van der Waals surface area contributed by atoms with Crippen molar-refractivity contribution in [3.63, 3.8) is 0 Å². The van der Waals surface area contributed by atoms with Crippen LogP contribution >= 0.6 is 0 Å². The Bertz CT molecular complexity index is 303. The summed E-state index contributed by atoms with van der Waals surface area (Å²) in [4.78, 5) is 10.3. The molecule has 1 heterocycles. The zero-order valence-electron chi connectivity index (χ0n) is 9.44. The largest absolute Gasteiger partial charge is 0.392 e. The number of aromatic nitrogens is 2. The number of hydrogen-bond acceptors (Lipinski definition) is 5. The van der Waals surface area contributed by atoms with Crippen LogP contribution in [0.15, 0.2) is 12.3 Å². The van der Waals surface area contributed by atoms with E-state index in [1.807, 2.05) is 24.9 Å². The van der Waals surface area contributed by atoms with Gasteiger partial charge in [-0.25, -0.2) is 4.98 Å². The van der Waals surface area contributed by atoms with E-state index >= 15 is 0 Å². The Labute approximate surface area is 90.2 Å². The Kier molecular flexibility index (Phi) is 4.30. The van der Waals surface area contributed by atoms with Crippen LogP contribution in [-0.2, 0) is 0 Å². The van der Waals surface area contributed by atoms with Gasteiger partial charge < -0.3 is 15.3 Å². The maximum absolute atomic E-state index is 9.26. The van der Waals surface area contributed by atoms with Gasteiger partial charge in [0, 0.05) is 26.3 Å². The SMILES string of the molecule is CCNc1nccc(N(C)CC(C)O)n1. The van der Waals surface area contributed by atoms with Gasteiger partial charge in [-0.1, -0.05) is 0 Å². The fraction of sp³-hybridized carbons (Fsp3) is 0.600. The average molecular weight is 210 g/mol. The molecule has 15 heavy (non-hydrogen) atoms. The van der Waals surface area contributed by atoms with Gasteiger partial charge in [-0.05, 0) is 19.9 Å². The van der Waals surface area contributed by atoms with Crippen LogP contribution in [0.4, 0.5) is 11.8 Å². The van der Waals surface area contributed by atoms with Crippen LogP contribution in [0.25, 0.3) is 0 Å². The van der Waals surface area contributed by atoms with E-state index in [-0.39, 0.29) is 6.10 Å². The molecule has 5 nitrogen and oxygen atoms in total. The lowest BCUT2D eigenvalue weighted by molar-refractivity contribution is 0.201. The highest BCUT2D eigenvalue weighted by atomic mass is 16.3. The third-order valence-corrected chi connectivity index (χ3v) is 1.90. The van der Waals surface area contributed by atoms with E-state index in [1.165, 1.54) is 0 Å². The summed E-state index contributed by atoms with van der Waals surface area (Å²) in [6.45, 7) is 5.10. The van der Waals surface area contributed by atoms with E-state index in [1.54, 1.807) is 13.1 Å². The quantitative estimate of drug-likeness (QED) is 0.750. The predicted molar refractivity (Wildman–Crippen MR) is 61.1 cm³/mol. The normalized spacial score (nSPS) is 12.3. The minimum Gasteiger partial charge on any atom is -0.392 e. The molecule has 0 spiro atoms. The van der Waals surface area contributed by atoms with Gasteiger partial charge >= 0.3 is 0 Å². The molecule has 1 unspecified atom stereocenters. The minimum atomic E-state index is -0.368. The van der Waals surface area contributed by atoms with Crippen molar-refractivity contribution in [1.82, 2.24) is 9.97 Å². The second-order valence-corrected chi connectivity index (χ2v) is 3.50. The number of aliphatic hydroxyl groups is 1. The Morgan fingerprint density at radius 1 is 1.60 bits per heavy atom. The van der Waals surface area contributed by atoms with Crippen molar-refractivity contribution in [2.45, 2.75) is 20.0 Å². The number of aliphatic hydroxyl groups excluding tert-OH is 1. The van der Waals surface area contributed by atoms with Crippen LogP contribution in [0.5, 0.6) is 0 Å². The first-order valence-electron chi connectivity index (χ1n) is 5.09. The Morgan fingerprint density at radius 2 is 2.33 bits per heavy atom. The summed E-state index contributed by atoms with van der Waals surface area (Å²) in [7, 11) is 1.89. The van der Waals surface area contributed by atoms with Gasteiger partial charge in [0.15, 0.2) is 0 Å². The van der Waals surface area contributed by atoms with E-state index in [9.17, 15) is 5.11 Å². The number of nitrogens with one attached hydrogen (secondary N) is 1. The molecule has 0 amide bonds. The Balaban J connectivity index is 2.71. The third kappa shape index (κ3) is 3.71. The van der Waals surface area contributed by atoms with E-state index in [2.05, 4.69) is 15.3 Å². The van der Waals surface area contributed by atoms with E-state index in [0.717, 1.165) is 12.4 Å². The molecule has 1 aromatic rings. The van der Waals surface area contributed by atoms with Gasteiger partial charge in [-0.15, -0.1) is 0 Å². The first kappa shape index (κ1) is 11.7. The smallest absolute Gasteiger partial charge is 0.224 e. The molecule has 0 bridgehead atoms. The molecule has 0 fully saturated rings. The molecule has 0 aromatic carbocycles. The highest BCUT2D eigenvalue weighted by Gasteiger charge is 2.06. The molecule has 0 radical (unpaired) electrons. The monoisotopic (exact) mass is 210 g/mol. The van der Waals surface area contributed by atoms with Gasteiger partial charge in [0.2, 0.25) is 5.95 Å². The molecule has 2 N–H and O–H groups in total. The van der Waals surface area contributed by atoms with Crippen molar-refractivity contribution in [2.75, 3.05) is 30.4 Å². The van der Waals surface area contributed by atoms with Crippen molar-refractivity contribution in [3.8, 4) is 0 Å². The topological polar surface area (TPSA) is 61.3 Å². The van der Waals surface area contributed by atoms with Crippen LogP contribution in [0.3, 0.4) is 0 Å². The lowest BCUT2D eigenvalue weighted by atomic mass is 10.4. The highest BCUT2D eigenvalue weighted by Crippen LogP contribution is 2.10. The van der Waals surface area contributed by atoms with Gasteiger partial charge in [0.05, 0.1) is 6.10 Å². The van der Waals surface area contributed by atoms with Crippen molar-refractivity contribution in [3.05, 3.63) is 12.3 Å². The molecule has 1 aromatic heterocycles. The lowest BCUT2D eigenvalue weighted by Crippen LogP contribution is -2.27. The fourth-order valence-corrected chi connectivity index (χ4v) is 1.29. The number of nitrogens with zero attached hydrogens (tertiary/aromatic N) is 3. The highest BCUT2D eigenvalue weighted by molar-refractivity contribution is 5.41. The molecule has 0 aliphatic carbocycles. The zero-order valence-corrected chi connectivity index (χ0v) is 9.44. The molecule has 1 rings (SSSR count). The minimum absolute atomic E-state index is 0.368. The number of hydrogen-bond donors (Lipinski definition) is 2. The van der Waals surface area contributed by atoms with Crippen molar-refractivity contribution >= 4 is 11.8 Å². The maximum atomic E-state index is 9.26.